The Morgan fingerprint density at radius 2 is 1.87 bits per heavy atom. The lowest BCUT2D eigenvalue weighted by molar-refractivity contribution is -0.114. The highest BCUT2D eigenvalue weighted by Crippen LogP contribution is 2.28. The van der Waals surface area contributed by atoms with Crippen LogP contribution in [0.4, 0.5) is 10.8 Å². The third kappa shape index (κ3) is 5.72. The first kappa shape index (κ1) is 23.0. The van der Waals surface area contributed by atoms with Crippen LogP contribution in [0.5, 0.6) is 0 Å². The van der Waals surface area contributed by atoms with Gasteiger partial charge in [0.2, 0.25) is 11.0 Å². The molecule has 0 aliphatic heterocycles. The van der Waals surface area contributed by atoms with E-state index in [1.807, 2.05) is 13.0 Å². The van der Waals surface area contributed by atoms with Crippen LogP contribution in [-0.2, 0) is 14.8 Å². The van der Waals surface area contributed by atoms with E-state index in [1.54, 1.807) is 55.5 Å². The van der Waals surface area contributed by atoms with Gasteiger partial charge in [0.1, 0.15) is 6.54 Å². The zero-order valence-corrected chi connectivity index (χ0v) is 19.6. The second-order valence-electron chi connectivity index (χ2n) is 6.63. The van der Waals surface area contributed by atoms with Crippen LogP contribution >= 0.6 is 23.1 Å². The number of hydrogen-bond acceptors (Lipinski definition) is 7. The molecule has 0 saturated carbocycles. The van der Waals surface area contributed by atoms with Gasteiger partial charge in [-0.15, -0.1) is 16.8 Å². The van der Waals surface area contributed by atoms with Crippen molar-refractivity contribution >= 4 is 49.8 Å². The number of benzene rings is 2. The van der Waals surface area contributed by atoms with Gasteiger partial charge in [0.25, 0.3) is 10.0 Å². The van der Waals surface area contributed by atoms with E-state index in [4.69, 9.17) is 0 Å². The van der Waals surface area contributed by atoms with Crippen molar-refractivity contribution in [3.8, 4) is 0 Å². The van der Waals surface area contributed by atoms with E-state index < -0.39 is 22.5 Å². The van der Waals surface area contributed by atoms with Crippen LogP contribution in [0.3, 0.4) is 0 Å². The van der Waals surface area contributed by atoms with Gasteiger partial charge in [-0.25, -0.2) is 8.42 Å². The van der Waals surface area contributed by atoms with Gasteiger partial charge in [0.15, 0.2) is 4.34 Å². The van der Waals surface area contributed by atoms with Gasteiger partial charge >= 0.3 is 0 Å². The van der Waals surface area contributed by atoms with Crippen LogP contribution in [-0.4, -0.2) is 36.8 Å². The molecule has 0 aliphatic carbocycles. The molecule has 31 heavy (non-hydrogen) atoms. The van der Waals surface area contributed by atoms with Gasteiger partial charge < -0.3 is 0 Å². The Labute approximate surface area is 190 Å². The topological polar surface area (TPSA) is 92.3 Å². The lowest BCUT2D eigenvalue weighted by Crippen LogP contribution is -2.38. The normalized spacial score (nSPS) is 11.2. The molecule has 2 aromatic carbocycles. The SMILES string of the molecule is C=CCSc1nnc(NC(=O)CN(c2ccccc2C)S(=O)(=O)c2ccc(C)cc2)s1. The molecule has 1 heterocycles. The molecule has 0 radical (unpaired) electrons. The van der Waals surface area contributed by atoms with Gasteiger partial charge in [-0.05, 0) is 37.6 Å². The summed E-state index contributed by atoms with van der Waals surface area (Å²) in [6.45, 7) is 6.95. The Bertz CT molecular complexity index is 1170. The van der Waals surface area contributed by atoms with Gasteiger partial charge in [0, 0.05) is 5.75 Å². The third-order valence-corrected chi connectivity index (χ3v) is 8.00. The van der Waals surface area contributed by atoms with E-state index >= 15 is 0 Å². The maximum absolute atomic E-state index is 13.4. The number of carbonyl (C=O) groups is 1. The maximum Gasteiger partial charge on any atom is 0.264 e. The van der Waals surface area contributed by atoms with Crippen molar-refractivity contribution in [1.29, 1.82) is 0 Å². The number of aromatic nitrogens is 2. The number of amides is 1. The minimum Gasteiger partial charge on any atom is -0.299 e. The number of rotatable bonds is 9. The predicted molar refractivity (Wildman–Crippen MR) is 126 cm³/mol. The molecule has 0 spiro atoms. The molecular formula is C21H22N4O3S3. The first-order valence-corrected chi connectivity index (χ1v) is 12.6. The zero-order valence-electron chi connectivity index (χ0n) is 17.1. The first-order valence-electron chi connectivity index (χ1n) is 9.33. The molecule has 0 saturated heterocycles. The molecule has 10 heteroatoms. The van der Waals surface area contributed by atoms with Crippen molar-refractivity contribution in [2.24, 2.45) is 0 Å². The molecule has 7 nitrogen and oxygen atoms in total. The second kappa shape index (κ2) is 10.1. The second-order valence-corrected chi connectivity index (χ2v) is 10.7. The van der Waals surface area contributed by atoms with Crippen LogP contribution in [0.25, 0.3) is 0 Å². The summed E-state index contributed by atoms with van der Waals surface area (Å²) in [7, 11) is -3.96. The number of hydrogen-bond donors (Lipinski definition) is 1. The summed E-state index contributed by atoms with van der Waals surface area (Å²) in [5, 5.41) is 10.9. The Hall–Kier alpha value is -2.69. The smallest absolute Gasteiger partial charge is 0.264 e. The minimum atomic E-state index is -3.96. The van der Waals surface area contributed by atoms with Gasteiger partial charge in [-0.3, -0.25) is 14.4 Å². The molecule has 0 bridgehead atoms. The number of anilines is 2. The van der Waals surface area contributed by atoms with Gasteiger partial charge in [0.05, 0.1) is 10.6 Å². The van der Waals surface area contributed by atoms with Crippen LogP contribution in [0.2, 0.25) is 0 Å². The molecule has 1 N–H and O–H groups in total. The lowest BCUT2D eigenvalue weighted by Gasteiger charge is -2.25. The largest absolute Gasteiger partial charge is 0.299 e. The molecular weight excluding hydrogens is 452 g/mol. The number of thioether (sulfide) groups is 1. The summed E-state index contributed by atoms with van der Waals surface area (Å²) in [4.78, 5) is 12.9. The van der Waals surface area contributed by atoms with Crippen molar-refractivity contribution in [2.45, 2.75) is 23.1 Å². The van der Waals surface area contributed by atoms with Crippen molar-refractivity contribution in [1.82, 2.24) is 10.2 Å². The lowest BCUT2D eigenvalue weighted by atomic mass is 10.2. The van der Waals surface area contributed by atoms with Gasteiger partial charge in [-0.2, -0.15) is 0 Å². The highest BCUT2D eigenvalue weighted by Gasteiger charge is 2.28. The summed E-state index contributed by atoms with van der Waals surface area (Å²) in [6, 6.07) is 13.6. The number of aryl methyl sites for hydroxylation is 2. The molecule has 0 aliphatic rings. The van der Waals surface area contributed by atoms with E-state index in [0.29, 0.717) is 20.9 Å². The fourth-order valence-electron chi connectivity index (χ4n) is 2.72. The standard InChI is InChI=1S/C21H22N4O3S3/c1-4-13-29-21-24-23-20(30-21)22-19(26)14-25(18-8-6-5-7-16(18)3)31(27,28)17-11-9-15(2)10-12-17/h4-12H,1,13-14H2,2-3H3,(H,22,23,26). The molecule has 3 aromatic rings. The van der Waals surface area contributed by atoms with Crippen LogP contribution in [0.1, 0.15) is 11.1 Å². The van der Waals surface area contributed by atoms with Crippen molar-refractivity contribution < 1.29 is 13.2 Å². The quantitative estimate of drug-likeness (QED) is 0.283. The maximum atomic E-state index is 13.4. The number of nitrogens with one attached hydrogen (secondary N) is 1. The fraction of sp³-hybridized carbons (Fsp3) is 0.190. The Morgan fingerprint density at radius 1 is 1.16 bits per heavy atom. The van der Waals surface area contributed by atoms with Crippen molar-refractivity contribution in [3.63, 3.8) is 0 Å². The van der Waals surface area contributed by atoms with Crippen molar-refractivity contribution in [2.75, 3.05) is 21.9 Å². The molecule has 3 rings (SSSR count). The Kier molecular flexibility index (Phi) is 7.47. The number of nitrogens with zero attached hydrogens (tertiary/aromatic N) is 3. The number of sulfonamides is 1. The predicted octanol–water partition coefficient (Wildman–Crippen LogP) is 4.27. The average Bonchev–Trinajstić information content (AvgIpc) is 3.18. The molecule has 0 atom stereocenters. The van der Waals surface area contributed by atoms with E-state index in [0.717, 1.165) is 15.4 Å². The van der Waals surface area contributed by atoms with Crippen LogP contribution in [0, 0.1) is 13.8 Å². The molecule has 0 fully saturated rings. The van der Waals surface area contributed by atoms with E-state index in [-0.39, 0.29) is 4.90 Å². The minimum absolute atomic E-state index is 0.119. The fourth-order valence-corrected chi connectivity index (χ4v) is 5.73. The van der Waals surface area contributed by atoms with Crippen LogP contribution in [0.15, 0.2) is 70.4 Å². The van der Waals surface area contributed by atoms with Gasteiger partial charge in [-0.1, -0.05) is 65.1 Å². The molecule has 1 amide bonds. The Morgan fingerprint density at radius 3 is 2.55 bits per heavy atom. The monoisotopic (exact) mass is 474 g/mol. The molecule has 162 valence electrons. The number of carbonyl (C=O) groups excluding carboxylic acids is 1. The first-order chi connectivity index (χ1) is 14.8. The summed E-state index contributed by atoms with van der Waals surface area (Å²) in [5.74, 6) is 0.175. The Balaban J connectivity index is 1.87. The molecule has 1 aromatic heterocycles. The summed E-state index contributed by atoms with van der Waals surface area (Å²) >= 11 is 2.68. The zero-order chi connectivity index (χ0) is 22.4. The van der Waals surface area contributed by atoms with E-state index in [1.165, 1.54) is 23.1 Å². The van der Waals surface area contributed by atoms with E-state index in [2.05, 4.69) is 22.1 Å². The highest BCUT2D eigenvalue weighted by molar-refractivity contribution is 8.01. The highest BCUT2D eigenvalue weighted by atomic mass is 32.2. The third-order valence-electron chi connectivity index (χ3n) is 4.26. The number of para-hydroxylation sites is 1. The summed E-state index contributed by atoms with van der Waals surface area (Å²) in [6.07, 6.45) is 1.75. The summed E-state index contributed by atoms with van der Waals surface area (Å²) < 4.78 is 28.6. The van der Waals surface area contributed by atoms with Crippen LogP contribution < -0.4 is 9.62 Å². The molecule has 0 unspecified atom stereocenters. The van der Waals surface area contributed by atoms with E-state index in [9.17, 15) is 13.2 Å². The average molecular weight is 475 g/mol. The summed E-state index contributed by atoms with van der Waals surface area (Å²) in [5.41, 5.74) is 2.13. The van der Waals surface area contributed by atoms with Crippen molar-refractivity contribution in [3.05, 3.63) is 72.3 Å².